The van der Waals surface area contributed by atoms with Crippen LogP contribution in [0, 0.1) is 5.92 Å². The van der Waals surface area contributed by atoms with Crippen LogP contribution >= 0.6 is 0 Å². The van der Waals surface area contributed by atoms with E-state index >= 15 is 0 Å². The number of aromatic nitrogens is 3. The molecule has 2 N–H and O–H groups in total. The summed E-state index contributed by atoms with van der Waals surface area (Å²) in [6.07, 6.45) is 9.23. The second-order valence-electron chi connectivity index (χ2n) is 8.91. The molecule has 150 valence electrons. The average Bonchev–Trinajstić information content (AvgIpc) is 3.14. The lowest BCUT2D eigenvalue weighted by molar-refractivity contribution is 0.0687. The standard InChI is InChI=1S/C23H28N6/c24-18-12-28(13-18)21-7-1-6-20-26-19(15-29(20)21)14-27-11-3-5-17-9-8-16-4-2-10-25-22(16)23(17)27/h1-2,4,6-7,10,15,17-18,23H,3,5,8-9,11-14,24H2/t17-,23-/m0/s1. The fraction of sp³-hybridized carbons (Fsp3) is 0.478. The number of pyridine rings is 2. The number of aryl methyl sites for hydroxylation is 1. The first kappa shape index (κ1) is 17.4. The van der Waals surface area contributed by atoms with Gasteiger partial charge >= 0.3 is 0 Å². The maximum atomic E-state index is 6.00. The molecule has 3 aromatic rings. The zero-order valence-electron chi connectivity index (χ0n) is 16.7. The van der Waals surface area contributed by atoms with Gasteiger partial charge in [0.05, 0.1) is 17.4 Å². The van der Waals surface area contributed by atoms with Crippen LogP contribution in [0.4, 0.5) is 5.82 Å². The lowest BCUT2D eigenvalue weighted by atomic mass is 9.77. The molecular formula is C23H28N6. The number of imidazole rings is 1. The van der Waals surface area contributed by atoms with Gasteiger partial charge in [-0.3, -0.25) is 14.3 Å². The van der Waals surface area contributed by atoms with Crippen LogP contribution in [0.25, 0.3) is 5.65 Å². The quantitative estimate of drug-likeness (QED) is 0.748. The highest BCUT2D eigenvalue weighted by atomic mass is 15.3. The zero-order valence-corrected chi connectivity index (χ0v) is 16.7. The van der Waals surface area contributed by atoms with Gasteiger partial charge in [0.1, 0.15) is 11.5 Å². The Kier molecular flexibility index (Phi) is 4.09. The van der Waals surface area contributed by atoms with Crippen LogP contribution in [-0.4, -0.2) is 44.9 Å². The van der Waals surface area contributed by atoms with E-state index in [-0.39, 0.29) is 6.04 Å². The van der Waals surface area contributed by atoms with Gasteiger partial charge in [0.15, 0.2) is 0 Å². The molecular weight excluding hydrogens is 360 g/mol. The van der Waals surface area contributed by atoms with Crippen LogP contribution in [0.3, 0.4) is 0 Å². The lowest BCUT2D eigenvalue weighted by Crippen LogP contribution is -2.56. The molecule has 5 heterocycles. The smallest absolute Gasteiger partial charge is 0.138 e. The van der Waals surface area contributed by atoms with Crippen molar-refractivity contribution >= 4 is 11.5 Å². The molecule has 2 atom stereocenters. The molecule has 1 aliphatic carbocycles. The third-order valence-electron chi connectivity index (χ3n) is 6.97. The molecule has 2 aliphatic heterocycles. The maximum absolute atomic E-state index is 6.00. The van der Waals surface area contributed by atoms with Crippen LogP contribution < -0.4 is 10.6 Å². The molecule has 3 aliphatic rings. The van der Waals surface area contributed by atoms with Gasteiger partial charge in [-0.25, -0.2) is 4.98 Å². The van der Waals surface area contributed by atoms with Crippen LogP contribution in [0.15, 0.2) is 42.7 Å². The van der Waals surface area contributed by atoms with E-state index in [2.05, 4.69) is 50.7 Å². The molecule has 3 aromatic heterocycles. The maximum Gasteiger partial charge on any atom is 0.138 e. The first-order chi connectivity index (χ1) is 14.3. The van der Waals surface area contributed by atoms with Gasteiger partial charge in [-0.2, -0.15) is 0 Å². The van der Waals surface area contributed by atoms with Gasteiger partial charge < -0.3 is 10.6 Å². The van der Waals surface area contributed by atoms with Crippen LogP contribution in [0.1, 0.15) is 42.3 Å². The van der Waals surface area contributed by atoms with Crippen molar-refractivity contribution in [3.8, 4) is 0 Å². The first-order valence-electron chi connectivity index (χ1n) is 10.9. The number of anilines is 1. The number of likely N-dealkylation sites (tertiary alicyclic amines) is 1. The topological polar surface area (TPSA) is 62.7 Å². The van der Waals surface area contributed by atoms with Crippen LogP contribution in [0.2, 0.25) is 0 Å². The Labute approximate surface area is 171 Å². The number of fused-ring (bicyclic) bond motifs is 4. The summed E-state index contributed by atoms with van der Waals surface area (Å²) in [5.41, 5.74) is 10.9. The normalized spacial score (nSPS) is 24.9. The van der Waals surface area contributed by atoms with Crippen LogP contribution in [0.5, 0.6) is 0 Å². The first-order valence-corrected chi connectivity index (χ1v) is 10.9. The molecule has 29 heavy (non-hydrogen) atoms. The van der Waals surface area contributed by atoms with E-state index in [1.165, 1.54) is 42.8 Å². The van der Waals surface area contributed by atoms with Crippen molar-refractivity contribution in [3.63, 3.8) is 0 Å². The van der Waals surface area contributed by atoms with Gasteiger partial charge in [-0.1, -0.05) is 12.1 Å². The Bertz CT molecular complexity index is 1040. The van der Waals surface area contributed by atoms with E-state index in [0.29, 0.717) is 6.04 Å². The summed E-state index contributed by atoms with van der Waals surface area (Å²) >= 11 is 0. The lowest BCUT2D eigenvalue weighted by Gasteiger charge is -2.44. The summed E-state index contributed by atoms with van der Waals surface area (Å²) in [5.74, 6) is 1.92. The molecule has 0 radical (unpaired) electrons. The Morgan fingerprint density at radius 3 is 2.93 bits per heavy atom. The van der Waals surface area contributed by atoms with Crippen molar-refractivity contribution in [1.29, 1.82) is 0 Å². The average molecular weight is 389 g/mol. The van der Waals surface area contributed by atoms with E-state index in [0.717, 1.165) is 43.4 Å². The van der Waals surface area contributed by atoms with Crippen molar-refractivity contribution in [3.05, 3.63) is 59.7 Å². The molecule has 0 unspecified atom stereocenters. The molecule has 6 nitrogen and oxygen atoms in total. The van der Waals surface area contributed by atoms with Crippen molar-refractivity contribution in [2.24, 2.45) is 11.7 Å². The molecule has 0 amide bonds. The Morgan fingerprint density at radius 2 is 2.03 bits per heavy atom. The molecule has 6 rings (SSSR count). The van der Waals surface area contributed by atoms with E-state index < -0.39 is 0 Å². The predicted molar refractivity (Wildman–Crippen MR) is 114 cm³/mol. The third-order valence-corrected chi connectivity index (χ3v) is 6.97. The number of piperidine rings is 1. The van der Waals surface area contributed by atoms with Gasteiger partial charge in [-0.05, 0) is 61.9 Å². The summed E-state index contributed by atoms with van der Waals surface area (Å²) in [6.45, 7) is 3.85. The van der Waals surface area contributed by atoms with Gasteiger partial charge in [0.2, 0.25) is 0 Å². The van der Waals surface area contributed by atoms with Gasteiger partial charge in [-0.15, -0.1) is 0 Å². The summed E-state index contributed by atoms with van der Waals surface area (Å²) in [5, 5.41) is 0. The highest BCUT2D eigenvalue weighted by Crippen LogP contribution is 2.43. The molecule has 0 saturated carbocycles. The number of nitrogens with zero attached hydrogens (tertiary/aromatic N) is 5. The zero-order chi connectivity index (χ0) is 19.4. The van der Waals surface area contributed by atoms with E-state index in [4.69, 9.17) is 15.7 Å². The monoisotopic (exact) mass is 388 g/mol. The van der Waals surface area contributed by atoms with Crippen LogP contribution in [-0.2, 0) is 13.0 Å². The van der Waals surface area contributed by atoms with Crippen molar-refractivity contribution in [2.75, 3.05) is 24.5 Å². The number of hydrogen-bond donors (Lipinski definition) is 1. The Balaban J connectivity index is 1.31. The minimum absolute atomic E-state index is 0.289. The Morgan fingerprint density at radius 1 is 1.10 bits per heavy atom. The minimum atomic E-state index is 0.289. The SMILES string of the molecule is NC1CN(c2cccc3nc(CN4CCC[C@H]5CCc6cccnc6[C@H]54)cn23)C1. The second-order valence-corrected chi connectivity index (χ2v) is 8.91. The summed E-state index contributed by atoms with van der Waals surface area (Å²) in [6, 6.07) is 11.4. The molecule has 0 aromatic carbocycles. The van der Waals surface area contributed by atoms with E-state index in [1.54, 1.807) is 0 Å². The number of rotatable bonds is 3. The third kappa shape index (κ3) is 2.93. The number of hydrogen-bond acceptors (Lipinski definition) is 5. The largest absolute Gasteiger partial charge is 0.354 e. The predicted octanol–water partition coefficient (Wildman–Crippen LogP) is 2.78. The summed E-state index contributed by atoms with van der Waals surface area (Å²) in [4.78, 5) is 14.7. The molecule has 2 saturated heterocycles. The molecule has 6 heteroatoms. The summed E-state index contributed by atoms with van der Waals surface area (Å²) in [7, 11) is 0. The fourth-order valence-corrected chi connectivity index (χ4v) is 5.59. The highest BCUT2D eigenvalue weighted by molar-refractivity contribution is 5.54. The van der Waals surface area contributed by atoms with E-state index in [9.17, 15) is 0 Å². The van der Waals surface area contributed by atoms with E-state index in [1.807, 2.05) is 6.20 Å². The molecule has 2 fully saturated rings. The van der Waals surface area contributed by atoms with Crippen molar-refractivity contribution in [1.82, 2.24) is 19.3 Å². The van der Waals surface area contributed by atoms with Gasteiger partial charge in [0.25, 0.3) is 0 Å². The van der Waals surface area contributed by atoms with Crippen molar-refractivity contribution < 1.29 is 0 Å². The molecule has 0 bridgehead atoms. The van der Waals surface area contributed by atoms with Gasteiger partial charge in [0, 0.05) is 38.1 Å². The fourth-order valence-electron chi connectivity index (χ4n) is 5.59. The number of nitrogens with two attached hydrogens (primary N) is 1. The summed E-state index contributed by atoms with van der Waals surface area (Å²) < 4.78 is 2.23. The second kappa shape index (κ2) is 6.82. The minimum Gasteiger partial charge on any atom is -0.354 e. The van der Waals surface area contributed by atoms with Crippen molar-refractivity contribution in [2.45, 2.75) is 44.3 Å². The Hall–Kier alpha value is -2.44. The highest BCUT2D eigenvalue weighted by Gasteiger charge is 2.37. The molecule has 0 spiro atoms.